The lowest BCUT2D eigenvalue weighted by Crippen LogP contribution is -2.49. The van der Waals surface area contributed by atoms with E-state index in [-0.39, 0.29) is 41.1 Å². The lowest BCUT2D eigenvalue weighted by molar-refractivity contribution is -0.129. The van der Waals surface area contributed by atoms with Crippen LogP contribution in [0.2, 0.25) is 10.0 Å². The molecule has 0 bridgehead atoms. The van der Waals surface area contributed by atoms with E-state index in [0.29, 0.717) is 34.9 Å². The number of carbonyl (C=O) groups is 1. The number of nitrogens with zero attached hydrogens (tertiary/aromatic N) is 1. The number of amides is 1. The van der Waals surface area contributed by atoms with Gasteiger partial charge in [-0.15, -0.1) is 0 Å². The normalized spacial score (nSPS) is 17.7. The molecule has 2 atom stereocenters. The second-order valence-electron chi connectivity index (χ2n) is 11.0. The molecule has 5 rings (SSSR count). The van der Waals surface area contributed by atoms with E-state index >= 15 is 0 Å². The van der Waals surface area contributed by atoms with Gasteiger partial charge in [0.1, 0.15) is 5.75 Å². The Balaban J connectivity index is 1.57. The van der Waals surface area contributed by atoms with Crippen LogP contribution in [0.1, 0.15) is 41.2 Å². The van der Waals surface area contributed by atoms with Crippen LogP contribution in [-0.2, 0) is 25.9 Å². The molecule has 1 heterocycles. The average Bonchev–Trinajstić information content (AvgIpc) is 3.44. The van der Waals surface area contributed by atoms with Gasteiger partial charge in [-0.05, 0) is 61.0 Å². The van der Waals surface area contributed by atoms with Crippen LogP contribution in [0.3, 0.4) is 0 Å². The summed E-state index contributed by atoms with van der Waals surface area (Å²) in [7, 11) is -3.81. The number of benzene rings is 4. The molecule has 1 amide bonds. The van der Waals surface area contributed by atoms with E-state index in [4.69, 9.17) is 42.8 Å². The van der Waals surface area contributed by atoms with E-state index < -0.39 is 27.4 Å². The maximum absolute atomic E-state index is 14.4. The quantitative estimate of drug-likeness (QED) is 0.156. The summed E-state index contributed by atoms with van der Waals surface area (Å²) in [5.74, 6) is -0.147. The molecule has 0 aromatic heterocycles. The number of ether oxygens (including phenoxy) is 2. The number of halogens is 2. The molecule has 4 aromatic rings. The van der Waals surface area contributed by atoms with Crippen LogP contribution in [-0.4, -0.2) is 49.8 Å². The lowest BCUT2D eigenvalue weighted by atomic mass is 9.85. The Bertz CT molecular complexity index is 1820. The maximum Gasteiger partial charge on any atom is 0.252 e. The SMILES string of the molecule is Cc1cccc(CNC(=O)[C@]2(CCS(=O)(=O)c3ccccc3)N=C(c3ccc(OCCCO)cc3)O[C@@H]2c2ccc(Cl)cc2Cl)c1. The summed E-state index contributed by atoms with van der Waals surface area (Å²) in [6.07, 6.45) is -0.775. The lowest BCUT2D eigenvalue weighted by Gasteiger charge is -2.31. The molecule has 0 radical (unpaired) electrons. The van der Waals surface area contributed by atoms with Crippen molar-refractivity contribution >= 4 is 44.8 Å². The third kappa shape index (κ3) is 7.73. The Kier molecular flexibility index (Phi) is 10.7. The molecule has 4 aromatic carbocycles. The van der Waals surface area contributed by atoms with Gasteiger partial charge in [0.25, 0.3) is 5.91 Å². The van der Waals surface area contributed by atoms with E-state index in [0.717, 1.165) is 11.1 Å². The smallest absolute Gasteiger partial charge is 0.252 e. The van der Waals surface area contributed by atoms with E-state index in [9.17, 15) is 13.2 Å². The largest absolute Gasteiger partial charge is 0.494 e. The van der Waals surface area contributed by atoms with Gasteiger partial charge in [-0.1, -0.05) is 77.3 Å². The molecular weight excluding hydrogens is 647 g/mol. The molecule has 0 unspecified atom stereocenters. The number of aliphatic hydroxyl groups excluding tert-OH is 1. The zero-order chi connectivity index (χ0) is 32.7. The van der Waals surface area contributed by atoms with Crippen LogP contribution < -0.4 is 10.1 Å². The standard InChI is InChI=1S/C35H34Cl2N2O6S/c1-24-7-5-8-25(21-24)23-38-34(41)35(17-20-46(42,43)29-9-3-2-4-10-29)32(30-16-13-27(36)22-31(30)37)45-33(39-35)26-11-14-28(15-12-26)44-19-6-18-40/h2-5,7-16,21-22,32,40H,6,17-20,23H2,1H3,(H,38,41)/t32-,35-/m1/s1. The highest BCUT2D eigenvalue weighted by Crippen LogP contribution is 2.45. The van der Waals surface area contributed by atoms with Crippen LogP contribution in [0.15, 0.2) is 107 Å². The van der Waals surface area contributed by atoms with E-state index in [1.165, 1.54) is 12.1 Å². The Morgan fingerprint density at radius 2 is 1.76 bits per heavy atom. The van der Waals surface area contributed by atoms with E-state index in [2.05, 4.69) is 5.32 Å². The first-order chi connectivity index (χ1) is 22.1. The first-order valence-electron chi connectivity index (χ1n) is 14.8. The number of aliphatic hydroxyl groups is 1. The number of rotatable bonds is 13. The molecule has 0 fully saturated rings. The van der Waals surface area contributed by atoms with E-state index in [1.54, 1.807) is 60.7 Å². The minimum absolute atomic E-state index is 0.0192. The second-order valence-corrected chi connectivity index (χ2v) is 14.0. The van der Waals surface area contributed by atoms with E-state index in [1.807, 2.05) is 31.2 Å². The topological polar surface area (TPSA) is 114 Å². The molecule has 240 valence electrons. The summed E-state index contributed by atoms with van der Waals surface area (Å²) in [4.78, 5) is 19.5. The highest BCUT2D eigenvalue weighted by atomic mass is 35.5. The monoisotopic (exact) mass is 680 g/mol. The van der Waals surface area contributed by atoms with Crippen molar-refractivity contribution in [2.75, 3.05) is 19.0 Å². The van der Waals surface area contributed by atoms with Crippen molar-refractivity contribution in [3.8, 4) is 5.75 Å². The highest BCUT2D eigenvalue weighted by Gasteiger charge is 2.54. The van der Waals surface area contributed by atoms with Gasteiger partial charge in [-0.3, -0.25) is 4.79 Å². The summed E-state index contributed by atoms with van der Waals surface area (Å²) < 4.78 is 39.2. The molecule has 0 saturated heterocycles. The first kappa shape index (κ1) is 33.5. The van der Waals surface area contributed by atoms with Gasteiger partial charge in [0.15, 0.2) is 21.5 Å². The molecule has 0 spiro atoms. The Morgan fingerprint density at radius 3 is 2.46 bits per heavy atom. The van der Waals surface area contributed by atoms with Gasteiger partial charge in [0.2, 0.25) is 5.90 Å². The minimum atomic E-state index is -3.81. The molecule has 1 aliphatic heterocycles. The number of carbonyl (C=O) groups excluding carboxylic acids is 1. The molecule has 11 heteroatoms. The summed E-state index contributed by atoms with van der Waals surface area (Å²) in [5, 5.41) is 12.7. The Hall–Kier alpha value is -3.89. The first-order valence-corrected chi connectivity index (χ1v) is 17.2. The fourth-order valence-electron chi connectivity index (χ4n) is 5.25. The molecule has 0 aliphatic carbocycles. The van der Waals surface area contributed by atoms with Crippen LogP contribution in [0.5, 0.6) is 5.75 Å². The molecular formula is C35H34Cl2N2O6S. The second kappa shape index (κ2) is 14.7. The van der Waals surface area contributed by atoms with Gasteiger partial charge in [0, 0.05) is 47.2 Å². The predicted molar refractivity (Wildman–Crippen MR) is 179 cm³/mol. The molecule has 8 nitrogen and oxygen atoms in total. The average molecular weight is 682 g/mol. The molecule has 2 N–H and O–H groups in total. The number of hydrogen-bond acceptors (Lipinski definition) is 7. The molecule has 0 saturated carbocycles. The zero-order valence-corrected chi connectivity index (χ0v) is 27.5. The number of hydrogen-bond donors (Lipinski definition) is 2. The van der Waals surface area contributed by atoms with Gasteiger partial charge < -0.3 is 19.9 Å². The number of aliphatic imine (C=N–C) groups is 1. The Morgan fingerprint density at radius 1 is 1.00 bits per heavy atom. The fraction of sp³-hybridized carbons (Fsp3) is 0.257. The Labute approximate surface area is 278 Å². The number of nitrogens with one attached hydrogen (secondary N) is 1. The van der Waals surface area contributed by atoms with Crippen molar-refractivity contribution < 1.29 is 27.8 Å². The third-order valence-corrected chi connectivity index (χ3v) is 9.96. The maximum atomic E-state index is 14.4. The van der Waals surface area contributed by atoms with Gasteiger partial charge in [-0.2, -0.15) is 0 Å². The summed E-state index contributed by atoms with van der Waals surface area (Å²) in [5.41, 5.74) is 1.20. The van der Waals surface area contributed by atoms with Crippen LogP contribution in [0.4, 0.5) is 0 Å². The van der Waals surface area contributed by atoms with Crippen molar-refractivity contribution in [2.45, 2.75) is 42.8 Å². The van der Waals surface area contributed by atoms with Gasteiger partial charge >= 0.3 is 0 Å². The molecule has 1 aliphatic rings. The predicted octanol–water partition coefficient (Wildman–Crippen LogP) is 6.50. The van der Waals surface area contributed by atoms with Crippen molar-refractivity contribution in [2.24, 2.45) is 4.99 Å². The summed E-state index contributed by atoms with van der Waals surface area (Å²) >= 11 is 12.9. The fourth-order valence-corrected chi connectivity index (χ4v) is 7.15. The minimum Gasteiger partial charge on any atom is -0.494 e. The van der Waals surface area contributed by atoms with Crippen molar-refractivity contribution in [1.29, 1.82) is 0 Å². The number of sulfone groups is 1. The van der Waals surface area contributed by atoms with Crippen LogP contribution in [0.25, 0.3) is 0 Å². The summed E-state index contributed by atoms with van der Waals surface area (Å²) in [6.45, 7) is 2.53. The van der Waals surface area contributed by atoms with Crippen molar-refractivity contribution in [3.63, 3.8) is 0 Å². The van der Waals surface area contributed by atoms with Gasteiger partial charge in [-0.25, -0.2) is 13.4 Å². The summed E-state index contributed by atoms with van der Waals surface area (Å²) in [6, 6.07) is 27.6. The van der Waals surface area contributed by atoms with Crippen LogP contribution >= 0.6 is 23.2 Å². The van der Waals surface area contributed by atoms with Crippen molar-refractivity contribution in [1.82, 2.24) is 5.32 Å². The zero-order valence-electron chi connectivity index (χ0n) is 25.2. The van der Waals surface area contributed by atoms with Crippen molar-refractivity contribution in [3.05, 3.63) is 129 Å². The molecule has 46 heavy (non-hydrogen) atoms. The van der Waals surface area contributed by atoms with Crippen LogP contribution in [0, 0.1) is 6.92 Å². The van der Waals surface area contributed by atoms with Gasteiger partial charge in [0.05, 0.1) is 17.3 Å². The highest BCUT2D eigenvalue weighted by molar-refractivity contribution is 7.91. The third-order valence-electron chi connectivity index (χ3n) is 7.66. The number of aryl methyl sites for hydroxylation is 1.